The summed E-state index contributed by atoms with van der Waals surface area (Å²) in [7, 11) is 0. The van der Waals surface area contributed by atoms with Crippen LogP contribution in [0.4, 0.5) is 5.69 Å². The molecule has 0 saturated heterocycles. The van der Waals surface area contributed by atoms with Crippen molar-refractivity contribution in [2.75, 3.05) is 18.4 Å². The third-order valence-electron chi connectivity index (χ3n) is 2.40. The van der Waals surface area contributed by atoms with Crippen LogP contribution in [-0.2, 0) is 4.79 Å². The number of nitrogens with one attached hydrogen (secondary N) is 2. The van der Waals surface area contributed by atoms with E-state index in [0.29, 0.717) is 17.5 Å². The van der Waals surface area contributed by atoms with Gasteiger partial charge in [-0.1, -0.05) is 26.1 Å². The molecule has 0 spiro atoms. The number of carbonyl (C=O) groups is 1. The first-order valence-electron chi connectivity index (χ1n) is 6.00. The summed E-state index contributed by atoms with van der Waals surface area (Å²) in [5, 5.41) is 5.90. The molecule has 0 saturated carbocycles. The summed E-state index contributed by atoms with van der Waals surface area (Å²) in [6, 6.07) is 5.49. The summed E-state index contributed by atoms with van der Waals surface area (Å²) in [4.78, 5) is 11.9. The lowest BCUT2D eigenvalue weighted by atomic mass is 10.2. The quantitative estimate of drug-likeness (QED) is 0.693. The standard InChI is InChI=1S/C13H18BrN3OS/c1-8(2)6-17-12(18)7-16-11-4-3-9(13(15)19)5-10(11)14/h3-5,8,16H,6-7H2,1-2H3,(H2,15,19)(H,17,18). The highest BCUT2D eigenvalue weighted by molar-refractivity contribution is 9.10. The lowest BCUT2D eigenvalue weighted by molar-refractivity contribution is -0.119. The van der Waals surface area contributed by atoms with Gasteiger partial charge in [-0.2, -0.15) is 0 Å². The minimum absolute atomic E-state index is 0.0287. The Bertz CT molecular complexity index is 477. The zero-order chi connectivity index (χ0) is 14.4. The van der Waals surface area contributed by atoms with Gasteiger partial charge in [0.05, 0.1) is 6.54 Å². The second-order valence-corrected chi connectivity index (χ2v) is 5.90. The van der Waals surface area contributed by atoms with Crippen LogP contribution in [0.5, 0.6) is 0 Å². The van der Waals surface area contributed by atoms with Gasteiger partial charge in [0.25, 0.3) is 0 Å². The molecule has 1 rings (SSSR count). The summed E-state index contributed by atoms with van der Waals surface area (Å²) in [5.41, 5.74) is 7.17. The Morgan fingerprint density at radius 3 is 2.68 bits per heavy atom. The van der Waals surface area contributed by atoms with Crippen molar-refractivity contribution in [2.24, 2.45) is 11.7 Å². The number of hydrogen-bond donors (Lipinski definition) is 3. The van der Waals surface area contributed by atoms with Crippen LogP contribution in [0.25, 0.3) is 0 Å². The zero-order valence-corrected chi connectivity index (χ0v) is 13.4. The summed E-state index contributed by atoms with van der Waals surface area (Å²) < 4.78 is 0.828. The zero-order valence-electron chi connectivity index (χ0n) is 11.0. The van der Waals surface area contributed by atoms with Crippen LogP contribution < -0.4 is 16.4 Å². The molecular weight excluding hydrogens is 326 g/mol. The van der Waals surface area contributed by atoms with Crippen molar-refractivity contribution in [3.05, 3.63) is 28.2 Å². The number of halogens is 1. The second-order valence-electron chi connectivity index (χ2n) is 4.61. The third-order valence-corrected chi connectivity index (χ3v) is 3.29. The molecule has 6 heteroatoms. The van der Waals surface area contributed by atoms with Crippen LogP contribution in [0.1, 0.15) is 19.4 Å². The monoisotopic (exact) mass is 343 g/mol. The number of nitrogens with two attached hydrogens (primary N) is 1. The highest BCUT2D eigenvalue weighted by Crippen LogP contribution is 2.23. The van der Waals surface area contributed by atoms with E-state index in [1.807, 2.05) is 18.2 Å². The third kappa shape index (κ3) is 5.57. The van der Waals surface area contributed by atoms with Gasteiger partial charge >= 0.3 is 0 Å². The van der Waals surface area contributed by atoms with E-state index in [1.54, 1.807) is 0 Å². The first kappa shape index (κ1) is 15.9. The van der Waals surface area contributed by atoms with Gasteiger partial charge < -0.3 is 16.4 Å². The normalized spacial score (nSPS) is 10.3. The molecule has 0 radical (unpaired) electrons. The van der Waals surface area contributed by atoms with Crippen molar-refractivity contribution in [2.45, 2.75) is 13.8 Å². The second kappa shape index (κ2) is 7.45. The molecule has 0 aliphatic heterocycles. The molecule has 104 valence electrons. The topological polar surface area (TPSA) is 67.2 Å². The Hall–Kier alpha value is -1.14. The summed E-state index contributed by atoms with van der Waals surface area (Å²) in [6.45, 7) is 5.03. The summed E-state index contributed by atoms with van der Waals surface area (Å²) in [5.74, 6) is 0.416. The van der Waals surface area contributed by atoms with Crippen molar-refractivity contribution in [3.63, 3.8) is 0 Å². The molecule has 4 N–H and O–H groups in total. The Labute approximate surface area is 127 Å². The highest BCUT2D eigenvalue weighted by Gasteiger charge is 2.06. The number of amides is 1. The molecule has 0 aliphatic carbocycles. The van der Waals surface area contributed by atoms with E-state index in [1.165, 1.54) is 0 Å². The van der Waals surface area contributed by atoms with E-state index in [-0.39, 0.29) is 12.5 Å². The molecule has 1 amide bonds. The average molecular weight is 344 g/mol. The van der Waals surface area contributed by atoms with Gasteiger partial charge in [-0.05, 0) is 40.0 Å². The largest absolute Gasteiger partial charge is 0.389 e. The van der Waals surface area contributed by atoms with Crippen molar-refractivity contribution >= 4 is 44.7 Å². The number of anilines is 1. The Morgan fingerprint density at radius 2 is 2.16 bits per heavy atom. The van der Waals surface area contributed by atoms with E-state index in [9.17, 15) is 4.79 Å². The maximum Gasteiger partial charge on any atom is 0.239 e. The molecule has 1 aromatic carbocycles. The van der Waals surface area contributed by atoms with Gasteiger partial charge in [-0.15, -0.1) is 0 Å². The number of benzene rings is 1. The molecule has 0 aliphatic rings. The molecule has 0 fully saturated rings. The maximum atomic E-state index is 11.6. The van der Waals surface area contributed by atoms with E-state index < -0.39 is 0 Å². The molecule has 0 atom stereocenters. The van der Waals surface area contributed by atoms with E-state index in [4.69, 9.17) is 18.0 Å². The molecule has 4 nitrogen and oxygen atoms in total. The van der Waals surface area contributed by atoms with Gasteiger partial charge in [0.15, 0.2) is 0 Å². The van der Waals surface area contributed by atoms with Crippen molar-refractivity contribution in [1.29, 1.82) is 0 Å². The first-order chi connectivity index (χ1) is 8.90. The lowest BCUT2D eigenvalue weighted by Crippen LogP contribution is -2.32. The lowest BCUT2D eigenvalue weighted by Gasteiger charge is -2.11. The van der Waals surface area contributed by atoms with Gasteiger partial charge in [0.2, 0.25) is 5.91 Å². The van der Waals surface area contributed by atoms with E-state index in [2.05, 4.69) is 40.4 Å². The molecule has 0 bridgehead atoms. The van der Waals surface area contributed by atoms with Gasteiger partial charge in [-0.3, -0.25) is 4.79 Å². The molecule has 19 heavy (non-hydrogen) atoms. The smallest absolute Gasteiger partial charge is 0.239 e. The molecule has 0 heterocycles. The molecule has 1 aromatic rings. The van der Waals surface area contributed by atoms with Crippen LogP contribution >= 0.6 is 28.1 Å². The van der Waals surface area contributed by atoms with E-state index >= 15 is 0 Å². The van der Waals surface area contributed by atoms with E-state index in [0.717, 1.165) is 15.7 Å². The van der Waals surface area contributed by atoms with Crippen molar-refractivity contribution in [3.8, 4) is 0 Å². The van der Waals surface area contributed by atoms with Gasteiger partial charge in [0.1, 0.15) is 4.99 Å². The van der Waals surface area contributed by atoms with Crippen LogP contribution in [0.3, 0.4) is 0 Å². The van der Waals surface area contributed by atoms with Crippen LogP contribution in [0.15, 0.2) is 22.7 Å². The fourth-order valence-electron chi connectivity index (χ4n) is 1.37. The minimum Gasteiger partial charge on any atom is -0.389 e. The summed E-state index contributed by atoms with van der Waals surface area (Å²) >= 11 is 8.32. The molecule has 0 unspecified atom stereocenters. The van der Waals surface area contributed by atoms with Crippen LogP contribution in [-0.4, -0.2) is 24.0 Å². The minimum atomic E-state index is -0.0287. The summed E-state index contributed by atoms with van der Waals surface area (Å²) in [6.07, 6.45) is 0. The number of rotatable bonds is 6. The Kier molecular flexibility index (Phi) is 6.24. The average Bonchev–Trinajstić information content (AvgIpc) is 2.34. The number of hydrogen-bond acceptors (Lipinski definition) is 3. The van der Waals surface area contributed by atoms with Crippen molar-refractivity contribution in [1.82, 2.24) is 5.32 Å². The van der Waals surface area contributed by atoms with Crippen LogP contribution in [0.2, 0.25) is 0 Å². The Balaban J connectivity index is 2.54. The fourth-order valence-corrected chi connectivity index (χ4v) is 2.01. The van der Waals surface area contributed by atoms with Crippen molar-refractivity contribution < 1.29 is 4.79 Å². The molecular formula is C13H18BrN3OS. The number of carbonyl (C=O) groups excluding carboxylic acids is 1. The predicted molar refractivity (Wildman–Crippen MR) is 86.4 cm³/mol. The highest BCUT2D eigenvalue weighted by atomic mass is 79.9. The number of thiocarbonyl (C=S) groups is 1. The first-order valence-corrected chi connectivity index (χ1v) is 7.20. The Morgan fingerprint density at radius 1 is 1.47 bits per heavy atom. The maximum absolute atomic E-state index is 11.6. The molecule has 0 aromatic heterocycles. The predicted octanol–water partition coefficient (Wildman–Crippen LogP) is 2.27. The van der Waals surface area contributed by atoms with Crippen LogP contribution in [0, 0.1) is 5.92 Å². The fraction of sp³-hybridized carbons (Fsp3) is 0.385. The van der Waals surface area contributed by atoms with Gasteiger partial charge in [0, 0.05) is 22.3 Å². The SMILES string of the molecule is CC(C)CNC(=O)CNc1ccc(C(N)=S)cc1Br. The van der Waals surface area contributed by atoms with Gasteiger partial charge in [-0.25, -0.2) is 0 Å².